The molecule has 0 unspecified atom stereocenters. The maximum absolute atomic E-state index is 12.9. The van der Waals surface area contributed by atoms with Crippen LogP contribution in [0, 0.1) is 12.8 Å². The maximum Gasteiger partial charge on any atom is 0.338 e. The number of nitrogens with one attached hydrogen (secondary N) is 1. The molecule has 7 nitrogen and oxygen atoms in total. The number of rotatable bonds is 6. The molecule has 0 radical (unpaired) electrons. The zero-order chi connectivity index (χ0) is 21.7. The molecule has 0 saturated carbocycles. The molecule has 1 N–H and O–H groups in total. The van der Waals surface area contributed by atoms with Gasteiger partial charge >= 0.3 is 5.97 Å². The lowest BCUT2D eigenvalue weighted by atomic mass is 9.98. The summed E-state index contributed by atoms with van der Waals surface area (Å²) in [6.45, 7) is 4.26. The van der Waals surface area contributed by atoms with E-state index in [1.807, 2.05) is 0 Å². The number of nitrogens with zero attached hydrogens (tertiary/aromatic N) is 1. The number of carbonyl (C=O) groups is 2. The first-order chi connectivity index (χ1) is 14.3. The van der Waals surface area contributed by atoms with Crippen molar-refractivity contribution in [3.8, 4) is 0 Å². The monoisotopic (exact) mass is 430 g/mol. The van der Waals surface area contributed by atoms with Crippen molar-refractivity contribution in [2.45, 2.75) is 31.6 Å². The van der Waals surface area contributed by atoms with Crippen molar-refractivity contribution >= 4 is 27.6 Å². The highest BCUT2D eigenvalue weighted by molar-refractivity contribution is 7.89. The minimum absolute atomic E-state index is 0.125. The van der Waals surface area contributed by atoms with Crippen molar-refractivity contribution < 1.29 is 22.7 Å². The predicted molar refractivity (Wildman–Crippen MR) is 114 cm³/mol. The second-order valence-electron chi connectivity index (χ2n) is 7.20. The van der Waals surface area contributed by atoms with Crippen LogP contribution in [0.2, 0.25) is 0 Å². The van der Waals surface area contributed by atoms with Crippen molar-refractivity contribution in [2.24, 2.45) is 5.92 Å². The lowest BCUT2D eigenvalue weighted by Crippen LogP contribution is -2.43. The minimum Gasteiger partial charge on any atom is -0.462 e. The number of hydrogen-bond acceptors (Lipinski definition) is 5. The number of ether oxygens (including phenoxy) is 1. The molecule has 0 spiro atoms. The predicted octanol–water partition coefficient (Wildman–Crippen LogP) is 3.21. The first kappa shape index (κ1) is 22.0. The molecule has 1 aliphatic rings. The van der Waals surface area contributed by atoms with Crippen LogP contribution in [-0.2, 0) is 19.6 Å². The Morgan fingerprint density at radius 3 is 2.57 bits per heavy atom. The van der Waals surface area contributed by atoms with Gasteiger partial charge in [-0.05, 0) is 56.5 Å². The SMILES string of the molecule is CCOC(=O)c1cccc(NC(=O)[C@H]2CCCN(S(=O)(=O)c3ccccc3)C2)c1C. The van der Waals surface area contributed by atoms with Gasteiger partial charge in [-0.2, -0.15) is 4.31 Å². The zero-order valence-corrected chi connectivity index (χ0v) is 17.9. The normalized spacial score (nSPS) is 17.3. The van der Waals surface area contributed by atoms with E-state index in [0.29, 0.717) is 36.2 Å². The van der Waals surface area contributed by atoms with E-state index in [0.717, 1.165) is 0 Å². The van der Waals surface area contributed by atoms with E-state index in [9.17, 15) is 18.0 Å². The van der Waals surface area contributed by atoms with Crippen molar-refractivity contribution in [1.82, 2.24) is 4.31 Å². The molecule has 160 valence electrons. The van der Waals surface area contributed by atoms with Gasteiger partial charge < -0.3 is 10.1 Å². The van der Waals surface area contributed by atoms with Crippen molar-refractivity contribution in [2.75, 3.05) is 25.0 Å². The Hall–Kier alpha value is -2.71. The van der Waals surface area contributed by atoms with Crippen LogP contribution in [0.4, 0.5) is 5.69 Å². The fourth-order valence-electron chi connectivity index (χ4n) is 3.55. The summed E-state index contributed by atoms with van der Waals surface area (Å²) in [5.41, 5.74) is 1.54. The highest BCUT2D eigenvalue weighted by atomic mass is 32.2. The standard InChI is InChI=1S/C22H26N2O5S/c1-3-29-22(26)19-12-7-13-20(16(19)2)23-21(25)17-9-8-14-24(15-17)30(27,28)18-10-5-4-6-11-18/h4-7,10-13,17H,3,8-9,14-15H2,1-2H3,(H,23,25)/t17-/m0/s1. The average molecular weight is 431 g/mol. The zero-order valence-electron chi connectivity index (χ0n) is 17.1. The number of carbonyl (C=O) groups excluding carboxylic acids is 2. The van der Waals surface area contributed by atoms with E-state index in [1.54, 1.807) is 62.4 Å². The van der Waals surface area contributed by atoms with E-state index in [1.165, 1.54) is 4.31 Å². The van der Waals surface area contributed by atoms with E-state index in [2.05, 4.69) is 5.32 Å². The summed E-state index contributed by atoms with van der Waals surface area (Å²) in [7, 11) is -3.64. The molecule has 30 heavy (non-hydrogen) atoms. The van der Waals surface area contributed by atoms with Gasteiger partial charge in [0.25, 0.3) is 0 Å². The first-order valence-corrected chi connectivity index (χ1v) is 11.4. The lowest BCUT2D eigenvalue weighted by molar-refractivity contribution is -0.120. The van der Waals surface area contributed by atoms with Crippen molar-refractivity contribution in [1.29, 1.82) is 0 Å². The Balaban J connectivity index is 1.74. The molecule has 2 aromatic rings. The number of anilines is 1. The average Bonchev–Trinajstić information content (AvgIpc) is 2.76. The fraction of sp³-hybridized carbons (Fsp3) is 0.364. The molecule has 1 aliphatic heterocycles. The van der Waals surface area contributed by atoms with Gasteiger partial charge in [0.15, 0.2) is 0 Å². The lowest BCUT2D eigenvalue weighted by Gasteiger charge is -2.31. The van der Waals surface area contributed by atoms with E-state index >= 15 is 0 Å². The summed E-state index contributed by atoms with van der Waals surface area (Å²) in [6, 6.07) is 13.3. The smallest absolute Gasteiger partial charge is 0.338 e. The van der Waals surface area contributed by atoms with Crippen LogP contribution in [0.1, 0.15) is 35.7 Å². The van der Waals surface area contributed by atoms with Crippen LogP contribution in [0.3, 0.4) is 0 Å². The number of sulfonamides is 1. The summed E-state index contributed by atoms with van der Waals surface area (Å²) in [5, 5.41) is 2.86. The quantitative estimate of drug-likeness (QED) is 0.711. The van der Waals surface area contributed by atoms with Gasteiger partial charge in [0.1, 0.15) is 0 Å². The molecule has 1 saturated heterocycles. The summed E-state index contributed by atoms with van der Waals surface area (Å²) in [5.74, 6) is -1.17. The molecule has 0 aromatic heterocycles. The Bertz CT molecular complexity index is 1020. The van der Waals surface area contributed by atoms with Crippen molar-refractivity contribution in [3.05, 3.63) is 59.7 Å². The van der Waals surface area contributed by atoms with Crippen LogP contribution in [0.25, 0.3) is 0 Å². The van der Waals surface area contributed by atoms with E-state index in [4.69, 9.17) is 4.74 Å². The van der Waals surface area contributed by atoms with Crippen molar-refractivity contribution in [3.63, 3.8) is 0 Å². The van der Waals surface area contributed by atoms with Crippen LogP contribution < -0.4 is 5.32 Å². The number of piperidine rings is 1. The first-order valence-electron chi connectivity index (χ1n) is 9.97. The molecule has 0 aliphatic carbocycles. The molecule has 1 amide bonds. The Morgan fingerprint density at radius 1 is 1.13 bits per heavy atom. The number of esters is 1. The molecule has 2 aromatic carbocycles. The minimum atomic E-state index is -3.64. The van der Waals surface area contributed by atoms with Gasteiger partial charge in [-0.15, -0.1) is 0 Å². The number of benzene rings is 2. The third-order valence-electron chi connectivity index (χ3n) is 5.22. The fourth-order valence-corrected chi connectivity index (χ4v) is 5.10. The largest absolute Gasteiger partial charge is 0.462 e. The van der Waals surface area contributed by atoms with E-state index in [-0.39, 0.29) is 24.0 Å². The van der Waals surface area contributed by atoms with Crippen LogP contribution >= 0.6 is 0 Å². The van der Waals surface area contributed by atoms with Gasteiger partial charge in [0.05, 0.1) is 23.0 Å². The summed E-state index contributed by atoms with van der Waals surface area (Å²) >= 11 is 0. The van der Waals surface area contributed by atoms with Gasteiger partial charge in [0, 0.05) is 18.8 Å². The molecule has 1 heterocycles. The van der Waals surface area contributed by atoms with E-state index < -0.39 is 21.9 Å². The molecule has 1 fully saturated rings. The van der Waals surface area contributed by atoms with Gasteiger partial charge in [0.2, 0.25) is 15.9 Å². The van der Waals surface area contributed by atoms with Crippen LogP contribution in [-0.4, -0.2) is 44.3 Å². The molecule has 0 bridgehead atoms. The highest BCUT2D eigenvalue weighted by Gasteiger charge is 2.33. The maximum atomic E-state index is 12.9. The summed E-state index contributed by atoms with van der Waals surface area (Å²) in [6.07, 6.45) is 1.20. The summed E-state index contributed by atoms with van der Waals surface area (Å²) in [4.78, 5) is 25.2. The molecule has 3 rings (SSSR count). The Morgan fingerprint density at radius 2 is 1.87 bits per heavy atom. The number of hydrogen-bond donors (Lipinski definition) is 1. The third-order valence-corrected chi connectivity index (χ3v) is 7.10. The van der Waals surface area contributed by atoms with Gasteiger partial charge in [-0.25, -0.2) is 13.2 Å². The highest BCUT2D eigenvalue weighted by Crippen LogP contribution is 2.26. The Kier molecular flexibility index (Phi) is 6.89. The Labute approximate surface area is 177 Å². The topological polar surface area (TPSA) is 92.8 Å². The van der Waals surface area contributed by atoms with Crippen LogP contribution in [0.5, 0.6) is 0 Å². The molecule has 8 heteroatoms. The van der Waals surface area contributed by atoms with Gasteiger partial charge in [-0.1, -0.05) is 24.3 Å². The molecule has 1 atom stereocenters. The third kappa shape index (κ3) is 4.71. The van der Waals surface area contributed by atoms with Crippen LogP contribution in [0.15, 0.2) is 53.4 Å². The molecular formula is C22H26N2O5S. The second-order valence-corrected chi connectivity index (χ2v) is 9.14. The number of amides is 1. The van der Waals surface area contributed by atoms with Gasteiger partial charge in [-0.3, -0.25) is 4.79 Å². The molecular weight excluding hydrogens is 404 g/mol. The summed E-state index contributed by atoms with van der Waals surface area (Å²) < 4.78 is 32.2. The second kappa shape index (κ2) is 9.40.